The second-order valence-electron chi connectivity index (χ2n) is 6.86. The fraction of sp³-hybridized carbons (Fsp3) is 0.789. The lowest BCUT2D eigenvalue weighted by molar-refractivity contribution is -0.171. The molecule has 0 aliphatic heterocycles. The van der Waals surface area contributed by atoms with Gasteiger partial charge in [-0.05, 0) is 46.5 Å². The summed E-state index contributed by atoms with van der Waals surface area (Å²) in [6.07, 6.45) is 8.55. The maximum absolute atomic E-state index is 12.7. The lowest BCUT2D eigenvalue weighted by Gasteiger charge is -2.35. The van der Waals surface area contributed by atoms with Gasteiger partial charge in [0, 0.05) is 0 Å². The minimum Gasteiger partial charge on any atom is -0.462 e. The summed E-state index contributed by atoms with van der Waals surface area (Å²) in [5, 5.41) is 0. The number of esters is 2. The molecule has 0 N–H and O–H groups in total. The number of carbonyl (C=O) groups is 2. The van der Waals surface area contributed by atoms with Gasteiger partial charge in [0.05, 0.1) is 23.5 Å². The largest absolute Gasteiger partial charge is 0.462 e. The molecule has 4 nitrogen and oxygen atoms in total. The topological polar surface area (TPSA) is 52.6 Å². The Kier molecular flexibility index (Phi) is 7.80. The molecule has 4 unspecified atom stereocenters. The normalized spacial score (nSPS) is 26.4. The van der Waals surface area contributed by atoms with Crippen LogP contribution in [0.5, 0.6) is 0 Å². The monoisotopic (exact) mass is 324 g/mol. The maximum atomic E-state index is 12.7. The van der Waals surface area contributed by atoms with Gasteiger partial charge in [0.25, 0.3) is 0 Å². The van der Waals surface area contributed by atoms with Crippen molar-refractivity contribution in [2.75, 3.05) is 0 Å². The number of hydrogen-bond acceptors (Lipinski definition) is 4. The predicted molar refractivity (Wildman–Crippen MR) is 90.9 cm³/mol. The highest BCUT2D eigenvalue weighted by Gasteiger charge is 2.47. The Hall–Kier alpha value is -1.32. The first-order chi connectivity index (χ1) is 10.8. The predicted octanol–water partition coefficient (Wildman–Crippen LogP) is 4.42. The zero-order chi connectivity index (χ0) is 17.5. The van der Waals surface area contributed by atoms with Gasteiger partial charge < -0.3 is 9.47 Å². The molecule has 0 radical (unpaired) electrons. The Labute approximate surface area is 140 Å². The zero-order valence-corrected chi connectivity index (χ0v) is 15.3. The first kappa shape index (κ1) is 19.7. The molecular weight excluding hydrogens is 292 g/mol. The van der Waals surface area contributed by atoms with Crippen molar-refractivity contribution in [3.63, 3.8) is 0 Å². The molecule has 1 aliphatic carbocycles. The second kappa shape index (κ2) is 9.09. The van der Waals surface area contributed by atoms with E-state index in [4.69, 9.17) is 9.47 Å². The van der Waals surface area contributed by atoms with Crippen LogP contribution in [0.25, 0.3) is 0 Å². The summed E-state index contributed by atoms with van der Waals surface area (Å²) in [6, 6.07) is 0. The van der Waals surface area contributed by atoms with Gasteiger partial charge in [-0.15, -0.1) is 0 Å². The van der Waals surface area contributed by atoms with Crippen LogP contribution in [0.2, 0.25) is 0 Å². The molecule has 0 aromatic heterocycles. The van der Waals surface area contributed by atoms with Gasteiger partial charge in [-0.2, -0.15) is 0 Å². The third kappa shape index (κ3) is 5.36. The van der Waals surface area contributed by atoms with Gasteiger partial charge in [0.15, 0.2) is 0 Å². The number of ether oxygens (including phenoxy) is 2. The lowest BCUT2D eigenvalue weighted by atomic mass is 9.71. The number of hydrogen-bond donors (Lipinski definition) is 0. The molecule has 0 saturated heterocycles. The Balaban J connectivity index is 2.82. The van der Waals surface area contributed by atoms with E-state index in [0.717, 1.165) is 32.1 Å². The SMILES string of the molecule is CCCC(C)OC(=O)C1CCC=CC1(C)C(=O)OC(C)CCC. The van der Waals surface area contributed by atoms with Gasteiger partial charge in [-0.25, -0.2) is 0 Å². The summed E-state index contributed by atoms with van der Waals surface area (Å²) in [5.74, 6) is -1.06. The van der Waals surface area contributed by atoms with Crippen LogP contribution in [-0.2, 0) is 19.1 Å². The highest BCUT2D eigenvalue weighted by molar-refractivity contribution is 5.87. The number of rotatable bonds is 8. The highest BCUT2D eigenvalue weighted by Crippen LogP contribution is 2.39. The molecule has 23 heavy (non-hydrogen) atoms. The van der Waals surface area contributed by atoms with Crippen LogP contribution in [0.15, 0.2) is 12.2 Å². The summed E-state index contributed by atoms with van der Waals surface area (Å²) in [7, 11) is 0. The quantitative estimate of drug-likeness (QED) is 0.490. The summed E-state index contributed by atoms with van der Waals surface area (Å²) < 4.78 is 11.1. The number of allylic oxidation sites excluding steroid dienone is 1. The van der Waals surface area contributed by atoms with E-state index in [-0.39, 0.29) is 24.1 Å². The molecule has 4 atom stereocenters. The van der Waals surface area contributed by atoms with Crippen molar-refractivity contribution in [1.82, 2.24) is 0 Å². The molecule has 4 heteroatoms. The zero-order valence-electron chi connectivity index (χ0n) is 15.3. The molecule has 0 fully saturated rings. The molecule has 0 bridgehead atoms. The summed E-state index contributed by atoms with van der Waals surface area (Å²) in [4.78, 5) is 25.2. The summed E-state index contributed by atoms with van der Waals surface area (Å²) in [6.45, 7) is 9.71. The maximum Gasteiger partial charge on any atom is 0.316 e. The van der Waals surface area contributed by atoms with Crippen LogP contribution in [-0.4, -0.2) is 24.1 Å². The van der Waals surface area contributed by atoms with Crippen molar-refractivity contribution >= 4 is 11.9 Å². The van der Waals surface area contributed by atoms with E-state index in [0.29, 0.717) is 6.42 Å². The van der Waals surface area contributed by atoms with Crippen molar-refractivity contribution in [3.05, 3.63) is 12.2 Å². The van der Waals surface area contributed by atoms with Crippen LogP contribution in [0.3, 0.4) is 0 Å². The van der Waals surface area contributed by atoms with Gasteiger partial charge in [-0.3, -0.25) is 9.59 Å². The minimum absolute atomic E-state index is 0.113. The molecular formula is C19H32O4. The van der Waals surface area contributed by atoms with Gasteiger partial charge in [0.2, 0.25) is 0 Å². The average molecular weight is 324 g/mol. The molecule has 0 aromatic carbocycles. The average Bonchev–Trinajstić information content (AvgIpc) is 2.47. The van der Waals surface area contributed by atoms with Gasteiger partial charge in [-0.1, -0.05) is 38.8 Å². The molecule has 0 amide bonds. The third-order valence-electron chi connectivity index (χ3n) is 4.55. The van der Waals surface area contributed by atoms with E-state index in [1.165, 1.54) is 0 Å². The van der Waals surface area contributed by atoms with E-state index in [1.807, 2.05) is 26.0 Å². The van der Waals surface area contributed by atoms with E-state index in [1.54, 1.807) is 6.92 Å². The van der Waals surface area contributed by atoms with E-state index >= 15 is 0 Å². The standard InChI is InChI=1S/C19H32O4/c1-6-10-14(3)22-17(20)16-12-8-9-13-19(16,5)18(21)23-15(4)11-7-2/h9,13-16H,6-8,10-12H2,1-5H3. The molecule has 1 aliphatic rings. The Morgan fingerprint density at radius 1 is 1.13 bits per heavy atom. The fourth-order valence-electron chi connectivity index (χ4n) is 3.10. The first-order valence-electron chi connectivity index (χ1n) is 8.94. The molecule has 1 rings (SSSR count). The van der Waals surface area contributed by atoms with Crippen molar-refractivity contribution in [2.45, 2.75) is 85.4 Å². The second-order valence-corrected chi connectivity index (χ2v) is 6.86. The van der Waals surface area contributed by atoms with Gasteiger partial charge >= 0.3 is 11.9 Å². The molecule has 132 valence electrons. The van der Waals surface area contributed by atoms with Crippen molar-refractivity contribution in [3.8, 4) is 0 Å². The molecule has 0 spiro atoms. The van der Waals surface area contributed by atoms with Crippen molar-refractivity contribution < 1.29 is 19.1 Å². The van der Waals surface area contributed by atoms with E-state index in [2.05, 4.69) is 13.8 Å². The number of carbonyl (C=O) groups excluding carboxylic acids is 2. The summed E-state index contributed by atoms with van der Waals surface area (Å²) >= 11 is 0. The van der Waals surface area contributed by atoms with Crippen LogP contribution in [0, 0.1) is 11.3 Å². The van der Waals surface area contributed by atoms with Crippen LogP contribution in [0.4, 0.5) is 0 Å². The first-order valence-corrected chi connectivity index (χ1v) is 8.94. The van der Waals surface area contributed by atoms with Crippen molar-refractivity contribution in [2.24, 2.45) is 11.3 Å². The van der Waals surface area contributed by atoms with Crippen LogP contribution >= 0.6 is 0 Å². The third-order valence-corrected chi connectivity index (χ3v) is 4.55. The van der Waals surface area contributed by atoms with E-state index in [9.17, 15) is 9.59 Å². The van der Waals surface area contributed by atoms with Crippen LogP contribution < -0.4 is 0 Å². The highest BCUT2D eigenvalue weighted by atomic mass is 16.6. The Morgan fingerprint density at radius 2 is 1.70 bits per heavy atom. The molecule has 0 heterocycles. The Bertz CT molecular complexity index is 429. The Morgan fingerprint density at radius 3 is 2.26 bits per heavy atom. The van der Waals surface area contributed by atoms with E-state index < -0.39 is 11.3 Å². The summed E-state index contributed by atoms with van der Waals surface area (Å²) in [5.41, 5.74) is -0.927. The fourth-order valence-corrected chi connectivity index (χ4v) is 3.10. The van der Waals surface area contributed by atoms with Crippen molar-refractivity contribution in [1.29, 1.82) is 0 Å². The smallest absolute Gasteiger partial charge is 0.316 e. The molecule has 0 aromatic rings. The van der Waals surface area contributed by atoms with Crippen LogP contribution in [0.1, 0.15) is 73.1 Å². The minimum atomic E-state index is -0.927. The lowest BCUT2D eigenvalue weighted by Crippen LogP contribution is -2.43. The molecule has 0 saturated carbocycles. The van der Waals surface area contributed by atoms with Gasteiger partial charge in [0.1, 0.15) is 0 Å².